The van der Waals surface area contributed by atoms with Crippen LogP contribution in [0.5, 0.6) is 0 Å². The van der Waals surface area contributed by atoms with Crippen LogP contribution in [-0.2, 0) is 6.54 Å². The minimum atomic E-state index is 0.527. The molecular formula is C14H23N3. The highest BCUT2D eigenvalue weighted by molar-refractivity contribution is 5.46. The van der Waals surface area contributed by atoms with Gasteiger partial charge >= 0.3 is 0 Å². The summed E-state index contributed by atoms with van der Waals surface area (Å²) in [6, 6.07) is 4.23. The highest BCUT2D eigenvalue weighted by Crippen LogP contribution is 2.24. The van der Waals surface area contributed by atoms with Crippen LogP contribution in [0.4, 0.5) is 5.69 Å². The fourth-order valence-corrected chi connectivity index (χ4v) is 2.61. The Balaban J connectivity index is 2.05. The van der Waals surface area contributed by atoms with E-state index in [0.29, 0.717) is 6.54 Å². The molecule has 0 aliphatic carbocycles. The maximum atomic E-state index is 5.64. The normalized spacial score (nSPS) is 21.3. The third-order valence-corrected chi connectivity index (χ3v) is 3.80. The Kier molecular flexibility index (Phi) is 4.37. The van der Waals surface area contributed by atoms with Gasteiger partial charge in [-0.05, 0) is 37.3 Å². The van der Waals surface area contributed by atoms with Crippen molar-refractivity contribution < 1.29 is 0 Å². The molecule has 0 aromatic carbocycles. The summed E-state index contributed by atoms with van der Waals surface area (Å²) in [5, 5.41) is 0. The van der Waals surface area contributed by atoms with Crippen LogP contribution in [-0.4, -0.2) is 18.1 Å². The number of hydrogen-bond acceptors (Lipinski definition) is 3. The molecule has 1 saturated heterocycles. The van der Waals surface area contributed by atoms with E-state index in [-0.39, 0.29) is 0 Å². The first-order chi connectivity index (χ1) is 8.33. The molecule has 2 N–H and O–H groups in total. The summed E-state index contributed by atoms with van der Waals surface area (Å²) in [7, 11) is 0. The summed E-state index contributed by atoms with van der Waals surface area (Å²) in [6.07, 6.45) is 7.19. The van der Waals surface area contributed by atoms with E-state index in [2.05, 4.69) is 28.9 Å². The summed E-state index contributed by atoms with van der Waals surface area (Å²) in [4.78, 5) is 6.74. The predicted molar refractivity (Wildman–Crippen MR) is 72.0 cm³/mol. The van der Waals surface area contributed by atoms with Crippen LogP contribution in [0.3, 0.4) is 0 Å². The van der Waals surface area contributed by atoms with Gasteiger partial charge in [0.1, 0.15) is 0 Å². The van der Waals surface area contributed by atoms with Crippen LogP contribution >= 0.6 is 0 Å². The summed E-state index contributed by atoms with van der Waals surface area (Å²) >= 11 is 0. The zero-order chi connectivity index (χ0) is 12.1. The van der Waals surface area contributed by atoms with Gasteiger partial charge in [-0.2, -0.15) is 0 Å². The molecule has 1 aliphatic heterocycles. The second-order valence-corrected chi connectivity index (χ2v) is 4.90. The van der Waals surface area contributed by atoms with Crippen molar-refractivity contribution >= 4 is 5.69 Å². The molecule has 17 heavy (non-hydrogen) atoms. The van der Waals surface area contributed by atoms with E-state index >= 15 is 0 Å². The largest absolute Gasteiger partial charge is 0.371 e. The minimum absolute atomic E-state index is 0.527. The lowest BCUT2D eigenvalue weighted by atomic mass is 9.98. The fourth-order valence-electron chi connectivity index (χ4n) is 2.61. The van der Waals surface area contributed by atoms with E-state index < -0.39 is 0 Å². The van der Waals surface area contributed by atoms with Crippen molar-refractivity contribution in [1.29, 1.82) is 0 Å². The molecule has 1 aromatic heterocycles. The maximum absolute atomic E-state index is 5.64. The monoisotopic (exact) mass is 233 g/mol. The molecule has 1 aromatic rings. The number of hydrogen-bond donors (Lipinski definition) is 1. The lowest BCUT2D eigenvalue weighted by Gasteiger charge is -2.23. The van der Waals surface area contributed by atoms with Crippen LogP contribution in [0.2, 0.25) is 0 Å². The lowest BCUT2D eigenvalue weighted by molar-refractivity contribution is 0.459. The Bertz CT molecular complexity index is 351. The van der Waals surface area contributed by atoms with Gasteiger partial charge in [-0.3, -0.25) is 4.98 Å². The fraction of sp³-hybridized carbons (Fsp3) is 0.643. The standard InChI is InChI=1S/C14H23N3/c1-2-12-4-3-8-17(9-6-12)14-5-7-16-13(10-14)11-15/h5,7,10,12H,2-4,6,8-9,11,15H2,1H3. The molecule has 1 aliphatic rings. The average molecular weight is 233 g/mol. The first-order valence-corrected chi connectivity index (χ1v) is 6.73. The van der Waals surface area contributed by atoms with Crippen molar-refractivity contribution in [2.75, 3.05) is 18.0 Å². The number of nitrogens with two attached hydrogens (primary N) is 1. The Morgan fingerprint density at radius 1 is 1.41 bits per heavy atom. The molecule has 2 rings (SSSR count). The molecule has 1 unspecified atom stereocenters. The van der Waals surface area contributed by atoms with Gasteiger partial charge < -0.3 is 10.6 Å². The SMILES string of the molecule is CCC1CCCN(c2ccnc(CN)c2)CC1. The maximum Gasteiger partial charge on any atom is 0.0560 e. The van der Waals surface area contributed by atoms with Crippen molar-refractivity contribution in [2.45, 2.75) is 39.2 Å². The van der Waals surface area contributed by atoms with Crippen LogP contribution in [0, 0.1) is 5.92 Å². The van der Waals surface area contributed by atoms with Gasteiger partial charge in [-0.25, -0.2) is 0 Å². The topological polar surface area (TPSA) is 42.2 Å². The van der Waals surface area contributed by atoms with Gasteiger partial charge in [0.2, 0.25) is 0 Å². The molecule has 0 saturated carbocycles. The Morgan fingerprint density at radius 2 is 2.29 bits per heavy atom. The molecule has 0 bridgehead atoms. The molecule has 2 heterocycles. The molecule has 1 fully saturated rings. The number of nitrogens with zero attached hydrogens (tertiary/aromatic N) is 2. The summed E-state index contributed by atoms with van der Waals surface area (Å²) in [5.41, 5.74) is 7.92. The second kappa shape index (κ2) is 6.01. The summed E-state index contributed by atoms with van der Waals surface area (Å²) < 4.78 is 0. The van der Waals surface area contributed by atoms with Gasteiger partial charge in [0, 0.05) is 31.5 Å². The Morgan fingerprint density at radius 3 is 3.06 bits per heavy atom. The molecule has 3 nitrogen and oxygen atoms in total. The molecule has 0 amide bonds. The Labute approximate surface area is 104 Å². The second-order valence-electron chi connectivity index (χ2n) is 4.90. The van der Waals surface area contributed by atoms with E-state index in [1.807, 2.05) is 6.20 Å². The van der Waals surface area contributed by atoms with Gasteiger partial charge in [0.15, 0.2) is 0 Å². The number of rotatable bonds is 3. The van der Waals surface area contributed by atoms with E-state index in [0.717, 1.165) is 11.6 Å². The van der Waals surface area contributed by atoms with Crippen molar-refractivity contribution in [1.82, 2.24) is 4.98 Å². The van der Waals surface area contributed by atoms with E-state index in [1.54, 1.807) is 0 Å². The highest BCUT2D eigenvalue weighted by atomic mass is 15.1. The smallest absolute Gasteiger partial charge is 0.0560 e. The minimum Gasteiger partial charge on any atom is -0.371 e. The van der Waals surface area contributed by atoms with Crippen LogP contribution in [0.15, 0.2) is 18.3 Å². The highest BCUT2D eigenvalue weighted by Gasteiger charge is 2.16. The molecule has 1 atom stereocenters. The van der Waals surface area contributed by atoms with Gasteiger partial charge in [-0.1, -0.05) is 13.3 Å². The number of aromatic nitrogens is 1. The van der Waals surface area contributed by atoms with Crippen molar-refractivity contribution in [3.63, 3.8) is 0 Å². The Hall–Kier alpha value is -1.09. The first-order valence-electron chi connectivity index (χ1n) is 6.73. The van der Waals surface area contributed by atoms with Crippen LogP contribution in [0.1, 0.15) is 38.3 Å². The van der Waals surface area contributed by atoms with E-state index in [4.69, 9.17) is 5.73 Å². The van der Waals surface area contributed by atoms with E-state index in [9.17, 15) is 0 Å². The quantitative estimate of drug-likeness (QED) is 0.872. The zero-order valence-corrected chi connectivity index (χ0v) is 10.7. The van der Waals surface area contributed by atoms with Crippen molar-refractivity contribution in [2.24, 2.45) is 11.7 Å². The zero-order valence-electron chi connectivity index (χ0n) is 10.7. The molecule has 94 valence electrons. The average Bonchev–Trinajstić information content (AvgIpc) is 2.64. The summed E-state index contributed by atoms with van der Waals surface area (Å²) in [6.45, 7) is 5.18. The molecular weight excluding hydrogens is 210 g/mol. The van der Waals surface area contributed by atoms with Crippen molar-refractivity contribution in [3.8, 4) is 0 Å². The van der Waals surface area contributed by atoms with Crippen LogP contribution < -0.4 is 10.6 Å². The third-order valence-electron chi connectivity index (χ3n) is 3.80. The van der Waals surface area contributed by atoms with Gasteiger partial charge in [-0.15, -0.1) is 0 Å². The third kappa shape index (κ3) is 3.19. The predicted octanol–water partition coefficient (Wildman–Crippen LogP) is 2.56. The number of pyridine rings is 1. The van der Waals surface area contributed by atoms with Gasteiger partial charge in [0.05, 0.1) is 5.69 Å². The molecule has 3 heteroatoms. The summed E-state index contributed by atoms with van der Waals surface area (Å²) in [5.74, 6) is 0.913. The molecule has 0 radical (unpaired) electrons. The lowest BCUT2D eigenvalue weighted by Crippen LogP contribution is -2.24. The molecule has 0 spiro atoms. The van der Waals surface area contributed by atoms with Crippen LogP contribution in [0.25, 0.3) is 0 Å². The van der Waals surface area contributed by atoms with Crippen molar-refractivity contribution in [3.05, 3.63) is 24.0 Å². The first kappa shape index (κ1) is 12.4. The number of anilines is 1. The van der Waals surface area contributed by atoms with Gasteiger partial charge in [0.25, 0.3) is 0 Å². The van der Waals surface area contributed by atoms with E-state index in [1.165, 1.54) is 44.5 Å².